The first-order valence-corrected chi connectivity index (χ1v) is 11.1. The SMILES string of the molecule is [2H]C(C)(C)c1ccnc(-c2cc3oc4ccccc4c3c3c2oc2cc(C(C)C)ccc23)c1. The number of furan rings is 2. The van der Waals surface area contributed by atoms with E-state index < -0.39 is 5.89 Å². The second-order valence-electron chi connectivity index (χ2n) is 9.04. The molecule has 3 aromatic carbocycles. The van der Waals surface area contributed by atoms with Crippen LogP contribution >= 0.6 is 0 Å². The molecule has 0 aliphatic rings. The van der Waals surface area contributed by atoms with Gasteiger partial charge in [-0.3, -0.25) is 4.98 Å². The summed E-state index contributed by atoms with van der Waals surface area (Å²) >= 11 is 0. The van der Waals surface area contributed by atoms with E-state index in [1.54, 1.807) is 6.20 Å². The van der Waals surface area contributed by atoms with Gasteiger partial charge in [-0.05, 0) is 53.3 Å². The van der Waals surface area contributed by atoms with Crippen LogP contribution in [0.2, 0.25) is 0 Å². The lowest BCUT2D eigenvalue weighted by Crippen LogP contribution is -1.91. The van der Waals surface area contributed by atoms with Gasteiger partial charge in [-0.1, -0.05) is 58.0 Å². The summed E-state index contributed by atoms with van der Waals surface area (Å²) in [6.45, 7) is 8.15. The van der Waals surface area contributed by atoms with Crippen LogP contribution < -0.4 is 0 Å². The van der Waals surface area contributed by atoms with Gasteiger partial charge in [0.05, 0.1) is 5.69 Å². The zero-order chi connectivity index (χ0) is 22.9. The average molecular weight is 421 g/mol. The van der Waals surface area contributed by atoms with Gasteiger partial charge in [0.1, 0.15) is 22.3 Å². The minimum atomic E-state index is -0.722. The van der Waals surface area contributed by atoms with E-state index in [-0.39, 0.29) is 0 Å². The van der Waals surface area contributed by atoms with Gasteiger partial charge in [0, 0.05) is 34.7 Å². The van der Waals surface area contributed by atoms with E-state index in [1.807, 2.05) is 50.2 Å². The zero-order valence-electron chi connectivity index (χ0n) is 19.7. The number of benzene rings is 3. The monoisotopic (exact) mass is 420 g/mol. The van der Waals surface area contributed by atoms with Crippen LogP contribution in [0.3, 0.4) is 0 Å². The van der Waals surface area contributed by atoms with Crippen molar-refractivity contribution in [3.05, 3.63) is 78.0 Å². The lowest BCUT2D eigenvalue weighted by molar-refractivity contribution is 0.662. The van der Waals surface area contributed by atoms with Gasteiger partial charge in [-0.2, -0.15) is 0 Å². The number of hydrogen-bond acceptors (Lipinski definition) is 3. The van der Waals surface area contributed by atoms with E-state index in [0.29, 0.717) is 5.92 Å². The first kappa shape index (κ1) is 18.0. The van der Waals surface area contributed by atoms with Crippen molar-refractivity contribution in [1.29, 1.82) is 0 Å². The van der Waals surface area contributed by atoms with Crippen LogP contribution in [0.1, 0.15) is 52.0 Å². The fourth-order valence-electron chi connectivity index (χ4n) is 4.61. The first-order valence-electron chi connectivity index (χ1n) is 11.6. The quantitative estimate of drug-likeness (QED) is 0.287. The van der Waals surface area contributed by atoms with Crippen LogP contribution in [0.4, 0.5) is 0 Å². The summed E-state index contributed by atoms with van der Waals surface area (Å²) < 4.78 is 21.3. The van der Waals surface area contributed by atoms with Crippen molar-refractivity contribution < 1.29 is 10.2 Å². The molecule has 0 atom stereocenters. The Morgan fingerprint density at radius 2 is 1.56 bits per heavy atom. The topological polar surface area (TPSA) is 39.2 Å². The van der Waals surface area contributed by atoms with Crippen molar-refractivity contribution in [1.82, 2.24) is 4.98 Å². The fraction of sp³-hybridized carbons (Fsp3) is 0.207. The minimum absolute atomic E-state index is 0.412. The molecule has 0 aliphatic carbocycles. The molecule has 0 saturated carbocycles. The molecule has 3 heteroatoms. The summed E-state index contributed by atoms with van der Waals surface area (Å²) in [7, 11) is 0. The van der Waals surface area contributed by atoms with E-state index in [1.165, 1.54) is 5.56 Å². The molecule has 0 aliphatic heterocycles. The summed E-state index contributed by atoms with van der Waals surface area (Å²) in [5, 5.41) is 4.27. The van der Waals surface area contributed by atoms with Crippen molar-refractivity contribution in [2.45, 2.75) is 39.5 Å². The van der Waals surface area contributed by atoms with Gasteiger partial charge in [0.2, 0.25) is 0 Å². The number of fused-ring (bicyclic) bond motifs is 7. The third-order valence-corrected chi connectivity index (χ3v) is 6.39. The molecule has 0 unspecified atom stereocenters. The highest BCUT2D eigenvalue weighted by Gasteiger charge is 2.21. The van der Waals surface area contributed by atoms with Crippen molar-refractivity contribution in [2.75, 3.05) is 0 Å². The number of nitrogens with zero attached hydrogens (tertiary/aromatic N) is 1. The molecule has 0 N–H and O–H groups in total. The van der Waals surface area contributed by atoms with Crippen LogP contribution in [-0.4, -0.2) is 4.98 Å². The Morgan fingerprint density at radius 1 is 0.750 bits per heavy atom. The second-order valence-corrected chi connectivity index (χ2v) is 9.04. The van der Waals surface area contributed by atoms with E-state index in [4.69, 9.17) is 10.2 Å². The maximum absolute atomic E-state index is 8.48. The molecule has 0 fully saturated rings. The number of aromatic nitrogens is 1. The molecule has 3 nitrogen and oxygen atoms in total. The summed E-state index contributed by atoms with van der Waals surface area (Å²) in [5.74, 6) is -0.310. The Kier molecular flexibility index (Phi) is 3.92. The lowest BCUT2D eigenvalue weighted by Gasteiger charge is -2.08. The van der Waals surface area contributed by atoms with Crippen molar-refractivity contribution in [2.24, 2.45) is 0 Å². The van der Waals surface area contributed by atoms with Gasteiger partial charge in [0.15, 0.2) is 0 Å². The van der Waals surface area contributed by atoms with Crippen LogP contribution in [-0.2, 0) is 0 Å². The van der Waals surface area contributed by atoms with Gasteiger partial charge in [0.25, 0.3) is 0 Å². The summed E-state index contributed by atoms with van der Waals surface area (Å²) in [4.78, 5) is 4.66. The fourth-order valence-corrected chi connectivity index (χ4v) is 4.61. The molecule has 3 heterocycles. The largest absolute Gasteiger partial charge is 0.456 e. The highest BCUT2D eigenvalue weighted by atomic mass is 16.3. The van der Waals surface area contributed by atoms with Gasteiger partial charge in [-0.25, -0.2) is 0 Å². The zero-order valence-corrected chi connectivity index (χ0v) is 18.7. The lowest BCUT2D eigenvalue weighted by atomic mass is 9.97. The van der Waals surface area contributed by atoms with Crippen LogP contribution in [0.5, 0.6) is 0 Å². The molecule has 0 spiro atoms. The third-order valence-electron chi connectivity index (χ3n) is 6.39. The highest BCUT2D eigenvalue weighted by molar-refractivity contribution is 6.28. The standard InChI is InChI=1S/C29H25NO2/c1-16(2)18-9-10-21-25(14-18)32-29-22(23-13-19(17(3)4)11-12-30-23)15-26-27(28(21)29)20-7-5-6-8-24(20)31-26/h5-17H,1-4H3/i17D. The normalized spacial score (nSPS) is 13.1. The Morgan fingerprint density at radius 3 is 2.38 bits per heavy atom. The number of pyridine rings is 1. The molecule has 0 radical (unpaired) electrons. The van der Waals surface area contributed by atoms with Crippen LogP contribution in [0, 0.1) is 0 Å². The van der Waals surface area contributed by atoms with Crippen molar-refractivity contribution >= 4 is 43.9 Å². The Labute approximate surface area is 188 Å². The molecule has 32 heavy (non-hydrogen) atoms. The highest BCUT2D eigenvalue weighted by Crippen LogP contribution is 2.44. The summed E-state index contributed by atoms with van der Waals surface area (Å²) in [6, 6.07) is 20.6. The maximum atomic E-state index is 8.48. The predicted molar refractivity (Wildman–Crippen MR) is 132 cm³/mol. The average Bonchev–Trinajstić information content (AvgIpc) is 3.35. The molecule has 6 aromatic rings. The smallest absolute Gasteiger partial charge is 0.145 e. The van der Waals surface area contributed by atoms with Crippen molar-refractivity contribution in [3.8, 4) is 11.3 Å². The molecule has 3 aromatic heterocycles. The van der Waals surface area contributed by atoms with Gasteiger partial charge >= 0.3 is 0 Å². The Balaban J connectivity index is 1.78. The number of para-hydroxylation sites is 1. The Hall–Kier alpha value is -3.59. The summed E-state index contributed by atoms with van der Waals surface area (Å²) in [6.07, 6.45) is 1.77. The molecule has 0 amide bonds. The van der Waals surface area contributed by atoms with Gasteiger partial charge in [-0.15, -0.1) is 0 Å². The van der Waals surface area contributed by atoms with E-state index in [0.717, 1.165) is 60.7 Å². The van der Waals surface area contributed by atoms with E-state index in [2.05, 4.69) is 43.1 Å². The van der Waals surface area contributed by atoms with E-state index in [9.17, 15) is 0 Å². The second kappa shape index (κ2) is 6.96. The number of rotatable bonds is 3. The molecule has 0 saturated heterocycles. The van der Waals surface area contributed by atoms with Gasteiger partial charge < -0.3 is 8.83 Å². The van der Waals surface area contributed by atoms with Crippen LogP contribution in [0.25, 0.3) is 55.1 Å². The molecule has 0 bridgehead atoms. The maximum Gasteiger partial charge on any atom is 0.145 e. The molecule has 6 rings (SSSR count). The predicted octanol–water partition coefficient (Wildman–Crippen LogP) is 8.79. The Bertz CT molecular complexity index is 1680. The minimum Gasteiger partial charge on any atom is -0.456 e. The van der Waals surface area contributed by atoms with Crippen molar-refractivity contribution in [3.63, 3.8) is 0 Å². The molecular formula is C29H25NO2. The number of hydrogen-bond donors (Lipinski definition) is 0. The van der Waals surface area contributed by atoms with E-state index >= 15 is 0 Å². The van der Waals surface area contributed by atoms with Crippen LogP contribution in [0.15, 0.2) is 75.7 Å². The molecular weight excluding hydrogens is 394 g/mol. The third kappa shape index (κ3) is 2.77. The summed E-state index contributed by atoms with van der Waals surface area (Å²) in [5.41, 5.74) is 7.15. The molecule has 158 valence electrons. The first-order chi connectivity index (χ1) is 15.8.